The van der Waals surface area contributed by atoms with Gasteiger partial charge in [-0.3, -0.25) is 19.2 Å². The Hall–Kier alpha value is -4.87. The van der Waals surface area contributed by atoms with Crippen LogP contribution in [0.4, 0.5) is 4.79 Å². The maximum Gasteiger partial charge on any atom is 0.408 e. The molecule has 2 fully saturated rings. The van der Waals surface area contributed by atoms with Crippen molar-refractivity contribution < 1.29 is 73.2 Å². The molecule has 16 nitrogen and oxygen atoms in total. The number of allylic oxidation sites excluding steroid dienone is 1. The van der Waals surface area contributed by atoms with Crippen LogP contribution < -0.4 is 10.1 Å². The number of rotatable bonds is 9. The molecule has 0 radical (unpaired) electrons. The number of Topliss-reactive ketones (excluding diaryl/α,β-unsaturated/α-hetero) is 1. The van der Waals surface area contributed by atoms with Crippen LogP contribution in [0.5, 0.6) is 17.2 Å². The van der Waals surface area contributed by atoms with E-state index in [-0.39, 0.29) is 58.1 Å². The van der Waals surface area contributed by atoms with Gasteiger partial charge in [0.15, 0.2) is 17.9 Å². The number of esters is 1. The molecule has 5 aliphatic rings. The quantitative estimate of drug-likeness (QED) is 0.104. The molecule has 0 bridgehead atoms. The van der Waals surface area contributed by atoms with Crippen molar-refractivity contribution in [2.24, 2.45) is 17.8 Å². The summed E-state index contributed by atoms with van der Waals surface area (Å²) >= 11 is 0. The molecule has 6 N–H and O–H groups in total. The number of aromatic hydroxyl groups is 2. The number of phenolic OH excluding ortho intramolecular Hbond substituents is 2. The molecular weight excluding hydrogens is 734 g/mol. The maximum atomic E-state index is 13.9. The lowest BCUT2D eigenvalue weighted by Crippen LogP contribution is -2.56. The number of methoxy groups -OCH3 is 1. The summed E-state index contributed by atoms with van der Waals surface area (Å²) in [5.74, 6) is -4.13. The van der Waals surface area contributed by atoms with Crippen molar-refractivity contribution in [2.45, 2.75) is 94.7 Å². The zero-order chi connectivity index (χ0) is 40.2. The first kappa shape index (κ1) is 39.4. The molecule has 7 rings (SSSR count). The molecule has 2 aromatic carbocycles. The van der Waals surface area contributed by atoms with Crippen LogP contribution in [0.15, 0.2) is 30.4 Å². The number of alkyl carbamates (subject to hydrolysis) is 1. The fourth-order valence-corrected chi connectivity index (χ4v) is 8.87. The molecule has 1 aliphatic heterocycles. The molecule has 300 valence electrons. The first-order valence-electron chi connectivity index (χ1n) is 18.8. The summed E-state index contributed by atoms with van der Waals surface area (Å²) < 4.78 is 28.4. The average molecular weight is 780 g/mol. The average Bonchev–Trinajstić information content (AvgIpc) is 3.85. The minimum Gasteiger partial charge on any atom is -0.507 e. The van der Waals surface area contributed by atoms with E-state index in [1.165, 1.54) is 32.2 Å². The lowest BCUT2D eigenvalue weighted by atomic mass is 9.72. The normalized spacial score (nSPS) is 32.3. The molecule has 1 saturated carbocycles. The van der Waals surface area contributed by atoms with Crippen LogP contribution in [0, 0.1) is 17.8 Å². The minimum absolute atomic E-state index is 0.0591. The van der Waals surface area contributed by atoms with E-state index in [0.29, 0.717) is 25.9 Å². The van der Waals surface area contributed by atoms with Crippen LogP contribution in [0.2, 0.25) is 0 Å². The number of ether oxygens (including phenoxy) is 5. The summed E-state index contributed by atoms with van der Waals surface area (Å²) in [5.41, 5.74) is -4.08. The fraction of sp³-hybridized carbons (Fsp3) is 0.525. The van der Waals surface area contributed by atoms with Crippen molar-refractivity contribution in [2.75, 3.05) is 20.3 Å². The van der Waals surface area contributed by atoms with E-state index < -0.39 is 108 Å². The van der Waals surface area contributed by atoms with Crippen molar-refractivity contribution >= 4 is 29.4 Å². The zero-order valence-electron chi connectivity index (χ0n) is 31.1. The Morgan fingerprint density at radius 2 is 1.79 bits per heavy atom. The molecule has 0 aromatic heterocycles. The van der Waals surface area contributed by atoms with E-state index in [1.807, 2.05) is 6.08 Å². The number of carbonyl (C=O) groups is 5. The van der Waals surface area contributed by atoms with Crippen LogP contribution in [-0.4, -0.2) is 112 Å². The van der Waals surface area contributed by atoms with Gasteiger partial charge in [-0.2, -0.15) is 0 Å². The summed E-state index contributed by atoms with van der Waals surface area (Å²) in [7, 11) is 1.31. The van der Waals surface area contributed by atoms with Gasteiger partial charge in [0.2, 0.25) is 5.78 Å². The van der Waals surface area contributed by atoms with Crippen LogP contribution in [0.3, 0.4) is 0 Å². The molecular formula is C40H45NO15. The fourth-order valence-electron chi connectivity index (χ4n) is 8.87. The molecule has 1 heterocycles. The maximum absolute atomic E-state index is 13.9. The lowest BCUT2D eigenvalue weighted by Gasteiger charge is -2.42. The number of amides is 1. The van der Waals surface area contributed by atoms with Gasteiger partial charge in [0.25, 0.3) is 0 Å². The van der Waals surface area contributed by atoms with Crippen molar-refractivity contribution in [3.63, 3.8) is 0 Å². The van der Waals surface area contributed by atoms with Gasteiger partial charge in [-0.05, 0) is 57.1 Å². The highest BCUT2D eigenvalue weighted by Gasteiger charge is 2.55. The predicted molar refractivity (Wildman–Crippen MR) is 191 cm³/mol. The number of nitrogens with one attached hydrogen (secondary N) is 1. The molecule has 0 unspecified atom stereocenters. The molecule has 2 aromatic rings. The van der Waals surface area contributed by atoms with Gasteiger partial charge >= 0.3 is 12.1 Å². The Kier molecular flexibility index (Phi) is 10.7. The SMILES string of the molecule is CCOC(=O)[C@H]1[C@@H]2CC[C@@H](OC(=O)N[C@H]3C[C@H](O[C@H]4C[C@](O)(C(=O)CO)Cc5c(O)c6c(c(O)c54)C(=O)c4c(OC)cccc4C6=O)O[C@@H](C)[C@@H]3O)/C=C\C[C@@H]21. The zero-order valence-corrected chi connectivity index (χ0v) is 31.1. The first-order chi connectivity index (χ1) is 26.7. The predicted octanol–water partition coefficient (Wildman–Crippen LogP) is 2.30. The number of hydrogen-bond acceptors (Lipinski definition) is 15. The van der Waals surface area contributed by atoms with E-state index >= 15 is 0 Å². The third-order valence-electron chi connectivity index (χ3n) is 11.8. The molecule has 1 saturated heterocycles. The topological polar surface area (TPSA) is 245 Å². The van der Waals surface area contributed by atoms with Crippen molar-refractivity contribution in [3.8, 4) is 17.2 Å². The third kappa shape index (κ3) is 6.83. The van der Waals surface area contributed by atoms with Crippen molar-refractivity contribution in [3.05, 3.63) is 63.7 Å². The number of carbonyl (C=O) groups excluding carboxylic acids is 5. The van der Waals surface area contributed by atoms with E-state index in [2.05, 4.69) is 5.32 Å². The van der Waals surface area contributed by atoms with Crippen molar-refractivity contribution in [1.82, 2.24) is 5.32 Å². The van der Waals surface area contributed by atoms with E-state index in [9.17, 15) is 49.5 Å². The second-order valence-corrected chi connectivity index (χ2v) is 15.0. The van der Waals surface area contributed by atoms with Gasteiger partial charge in [-0.25, -0.2) is 4.79 Å². The molecule has 16 heteroatoms. The van der Waals surface area contributed by atoms with Gasteiger partial charge in [0.1, 0.15) is 41.7 Å². The Morgan fingerprint density at radius 3 is 2.50 bits per heavy atom. The Balaban J connectivity index is 1.12. The largest absolute Gasteiger partial charge is 0.507 e. The van der Waals surface area contributed by atoms with Crippen molar-refractivity contribution in [1.29, 1.82) is 0 Å². The summed E-state index contributed by atoms with van der Waals surface area (Å²) in [5, 5.41) is 58.4. The summed E-state index contributed by atoms with van der Waals surface area (Å²) in [6.45, 7) is 2.51. The number of fused-ring (bicyclic) bond motifs is 4. The molecule has 56 heavy (non-hydrogen) atoms. The molecule has 10 atom stereocenters. The standard InChI is InChI=1S/C40H45NO15/c1-4-53-38(49)28-19-8-5-7-18(11-12-20(19)28)55-39(50)41-23-13-27(54-17(2)33(23)44)56-25-15-40(51,26(43)16-42)14-22-30(25)37(48)32-31(35(22)46)34(45)21-9-6-10-24(52-3)29(21)36(32)47/h5-7,9-10,17-20,23,25,27-28,33,42,44,46,48,51H,4,8,11-16H2,1-3H3,(H,41,50)/b7-5-/t17-,18-,19-,20+,23-,25-,27-,28+,33-,40-/m0/s1. The molecule has 4 aliphatic carbocycles. The first-order valence-corrected chi connectivity index (χ1v) is 18.8. The highest BCUT2D eigenvalue weighted by Crippen LogP contribution is 2.54. The number of aliphatic hydroxyl groups excluding tert-OH is 2. The van der Waals surface area contributed by atoms with E-state index in [4.69, 9.17) is 23.7 Å². The van der Waals surface area contributed by atoms with Crippen LogP contribution >= 0.6 is 0 Å². The monoisotopic (exact) mass is 779 g/mol. The number of aliphatic hydroxyl groups is 3. The molecule has 1 amide bonds. The molecule has 0 spiro atoms. The van der Waals surface area contributed by atoms with E-state index in [0.717, 1.165) is 0 Å². The number of ketones is 3. The van der Waals surface area contributed by atoms with Gasteiger partial charge < -0.3 is 54.5 Å². The Labute approximate surface area is 321 Å². The second-order valence-electron chi connectivity index (χ2n) is 15.0. The van der Waals surface area contributed by atoms with Gasteiger partial charge in [0.05, 0.1) is 54.6 Å². The summed E-state index contributed by atoms with van der Waals surface area (Å²) in [6, 6.07) is 3.32. The van der Waals surface area contributed by atoms with Gasteiger partial charge in [0, 0.05) is 36.0 Å². The second kappa shape index (κ2) is 15.2. The summed E-state index contributed by atoms with van der Waals surface area (Å²) in [4.78, 5) is 66.2. The number of hydrogen-bond donors (Lipinski definition) is 6. The van der Waals surface area contributed by atoms with Crippen LogP contribution in [0.1, 0.15) is 95.0 Å². The lowest BCUT2D eigenvalue weighted by molar-refractivity contribution is -0.249. The van der Waals surface area contributed by atoms with Crippen LogP contribution in [0.25, 0.3) is 0 Å². The Morgan fingerprint density at radius 1 is 1.04 bits per heavy atom. The number of benzene rings is 2. The van der Waals surface area contributed by atoms with Gasteiger partial charge in [-0.1, -0.05) is 18.2 Å². The minimum atomic E-state index is -2.35. The third-order valence-corrected chi connectivity index (χ3v) is 11.8. The Bertz CT molecular complexity index is 1990. The smallest absolute Gasteiger partial charge is 0.408 e. The highest BCUT2D eigenvalue weighted by atomic mass is 16.7. The summed E-state index contributed by atoms with van der Waals surface area (Å²) in [6.07, 6.45) is -2.32. The highest BCUT2D eigenvalue weighted by molar-refractivity contribution is 6.31. The number of phenols is 2. The van der Waals surface area contributed by atoms with E-state index in [1.54, 1.807) is 13.0 Å². The van der Waals surface area contributed by atoms with Crippen LogP contribution in [-0.2, 0) is 35.0 Å². The van der Waals surface area contributed by atoms with Gasteiger partial charge in [-0.15, -0.1) is 0 Å².